The molecule has 2 aromatic carbocycles. The standard InChI is InChI=1S/C26H19ClF6N2O3/c1-2-38-23(36)16-10-15(11-18(27)21(16)13-3-6-20(22(29)30)34-12-13)35-24(37)25(7-8-25)17-5-4-14(9-19(17)28)26(31,32)33/h3-6,9-12,22H,2,7-8H2,1H3,(H,35,37). The minimum absolute atomic E-state index is 0.00532. The summed E-state index contributed by atoms with van der Waals surface area (Å²) in [7, 11) is 0. The van der Waals surface area contributed by atoms with E-state index in [1.807, 2.05) is 0 Å². The molecule has 1 fully saturated rings. The van der Waals surface area contributed by atoms with Gasteiger partial charge in [0.05, 0.1) is 28.2 Å². The van der Waals surface area contributed by atoms with Crippen molar-refractivity contribution in [2.24, 2.45) is 0 Å². The third kappa shape index (κ3) is 5.33. The monoisotopic (exact) mass is 556 g/mol. The number of nitrogens with zero attached hydrogens (tertiary/aromatic N) is 1. The quantitative estimate of drug-likeness (QED) is 0.244. The Labute approximate surface area is 217 Å². The van der Waals surface area contributed by atoms with Crippen LogP contribution < -0.4 is 5.32 Å². The molecule has 0 atom stereocenters. The number of rotatable bonds is 7. The van der Waals surface area contributed by atoms with Crippen molar-refractivity contribution >= 4 is 29.2 Å². The second kappa shape index (κ2) is 10.3. The zero-order valence-corrected chi connectivity index (χ0v) is 20.4. The number of carbonyl (C=O) groups is 2. The van der Waals surface area contributed by atoms with E-state index in [2.05, 4.69) is 10.3 Å². The fraction of sp³-hybridized carbons (Fsp3) is 0.269. The zero-order valence-electron chi connectivity index (χ0n) is 19.6. The number of anilines is 1. The second-order valence-corrected chi connectivity index (χ2v) is 9.01. The van der Waals surface area contributed by atoms with E-state index >= 15 is 0 Å². The maximum Gasteiger partial charge on any atom is 0.416 e. The summed E-state index contributed by atoms with van der Waals surface area (Å²) in [5.41, 5.74) is -2.89. The van der Waals surface area contributed by atoms with Crippen molar-refractivity contribution in [3.8, 4) is 11.1 Å². The number of benzene rings is 2. The third-order valence-electron chi connectivity index (χ3n) is 6.14. The van der Waals surface area contributed by atoms with E-state index in [0.717, 1.165) is 18.3 Å². The maximum atomic E-state index is 14.6. The van der Waals surface area contributed by atoms with Gasteiger partial charge in [0, 0.05) is 28.6 Å². The Morgan fingerprint density at radius 2 is 1.84 bits per heavy atom. The van der Waals surface area contributed by atoms with Crippen LogP contribution in [0.15, 0.2) is 48.7 Å². The van der Waals surface area contributed by atoms with Crippen LogP contribution in [0.5, 0.6) is 0 Å². The zero-order chi connectivity index (χ0) is 27.8. The molecule has 0 unspecified atom stereocenters. The molecule has 4 rings (SSSR count). The summed E-state index contributed by atoms with van der Waals surface area (Å²) >= 11 is 6.43. The molecule has 0 radical (unpaired) electrons. The van der Waals surface area contributed by atoms with Crippen LogP contribution in [0.25, 0.3) is 11.1 Å². The van der Waals surface area contributed by atoms with Gasteiger partial charge in [0.1, 0.15) is 11.5 Å². The Balaban J connectivity index is 1.68. The summed E-state index contributed by atoms with van der Waals surface area (Å²) in [5, 5.41) is 2.52. The molecular formula is C26H19ClF6N2O3. The van der Waals surface area contributed by atoms with E-state index in [-0.39, 0.29) is 52.4 Å². The summed E-state index contributed by atoms with van der Waals surface area (Å²) in [4.78, 5) is 29.6. The fourth-order valence-corrected chi connectivity index (χ4v) is 4.43. The lowest BCUT2D eigenvalue weighted by molar-refractivity contribution is -0.137. The normalized spacial score (nSPS) is 14.3. The first-order valence-corrected chi connectivity index (χ1v) is 11.7. The molecule has 1 N–H and O–H groups in total. The van der Waals surface area contributed by atoms with Crippen LogP contribution in [0.4, 0.5) is 32.0 Å². The van der Waals surface area contributed by atoms with Crippen LogP contribution in [0.2, 0.25) is 5.02 Å². The molecule has 1 aliphatic rings. The number of esters is 1. The van der Waals surface area contributed by atoms with Crippen molar-refractivity contribution < 1.29 is 40.7 Å². The summed E-state index contributed by atoms with van der Waals surface area (Å²) < 4.78 is 84.3. The Morgan fingerprint density at radius 3 is 2.37 bits per heavy atom. The van der Waals surface area contributed by atoms with Gasteiger partial charge in [-0.15, -0.1) is 0 Å². The van der Waals surface area contributed by atoms with Gasteiger partial charge in [0.2, 0.25) is 5.91 Å². The molecule has 1 aromatic heterocycles. The van der Waals surface area contributed by atoms with Crippen LogP contribution in [-0.2, 0) is 21.1 Å². The number of alkyl halides is 5. The van der Waals surface area contributed by atoms with Crippen molar-refractivity contribution in [1.29, 1.82) is 0 Å². The first-order valence-electron chi connectivity index (χ1n) is 11.3. The number of hydrogen-bond donors (Lipinski definition) is 1. The number of aromatic nitrogens is 1. The summed E-state index contributed by atoms with van der Waals surface area (Å²) in [5.74, 6) is -2.67. The topological polar surface area (TPSA) is 68.3 Å². The first-order chi connectivity index (χ1) is 17.9. The largest absolute Gasteiger partial charge is 0.462 e. The molecule has 12 heteroatoms. The fourth-order valence-electron chi connectivity index (χ4n) is 4.10. The van der Waals surface area contributed by atoms with Gasteiger partial charge in [-0.25, -0.2) is 18.0 Å². The SMILES string of the molecule is CCOC(=O)c1cc(NC(=O)C2(c3ccc(C(F)(F)F)cc3F)CC2)cc(Cl)c1-c1ccc(C(F)F)nc1. The van der Waals surface area contributed by atoms with Crippen LogP contribution in [0.3, 0.4) is 0 Å². The maximum absolute atomic E-state index is 14.6. The average molecular weight is 557 g/mol. The molecule has 38 heavy (non-hydrogen) atoms. The number of hydrogen-bond acceptors (Lipinski definition) is 4. The molecular weight excluding hydrogens is 538 g/mol. The van der Waals surface area contributed by atoms with Gasteiger partial charge >= 0.3 is 12.1 Å². The van der Waals surface area contributed by atoms with Crippen molar-refractivity contribution in [1.82, 2.24) is 4.98 Å². The highest BCUT2D eigenvalue weighted by molar-refractivity contribution is 6.34. The Kier molecular flexibility index (Phi) is 7.42. The van der Waals surface area contributed by atoms with Crippen molar-refractivity contribution in [3.05, 3.63) is 81.9 Å². The van der Waals surface area contributed by atoms with Crippen molar-refractivity contribution in [2.45, 2.75) is 37.8 Å². The number of amides is 1. The molecule has 1 amide bonds. The Hall–Kier alpha value is -3.60. The van der Waals surface area contributed by atoms with Gasteiger partial charge in [0.15, 0.2) is 0 Å². The third-order valence-corrected chi connectivity index (χ3v) is 6.44. The highest BCUT2D eigenvalue weighted by atomic mass is 35.5. The van der Waals surface area contributed by atoms with Gasteiger partial charge in [-0.1, -0.05) is 23.7 Å². The minimum Gasteiger partial charge on any atom is -0.462 e. The lowest BCUT2D eigenvalue weighted by Crippen LogP contribution is -2.29. The number of nitrogens with one attached hydrogen (secondary N) is 1. The van der Waals surface area contributed by atoms with Crippen LogP contribution in [0.1, 0.15) is 53.4 Å². The Bertz CT molecular complexity index is 1390. The molecule has 3 aromatic rings. The van der Waals surface area contributed by atoms with Crippen molar-refractivity contribution in [3.63, 3.8) is 0 Å². The molecule has 1 saturated carbocycles. The molecule has 0 bridgehead atoms. The highest BCUT2D eigenvalue weighted by Crippen LogP contribution is 2.50. The summed E-state index contributed by atoms with van der Waals surface area (Å²) in [6, 6.07) is 6.96. The van der Waals surface area contributed by atoms with Gasteiger partial charge < -0.3 is 10.1 Å². The van der Waals surface area contributed by atoms with Crippen molar-refractivity contribution in [2.75, 3.05) is 11.9 Å². The van der Waals surface area contributed by atoms with E-state index in [1.54, 1.807) is 6.92 Å². The Morgan fingerprint density at radius 1 is 1.13 bits per heavy atom. The molecule has 0 saturated heterocycles. The van der Waals surface area contributed by atoms with E-state index in [4.69, 9.17) is 16.3 Å². The lowest BCUT2D eigenvalue weighted by atomic mass is 9.93. The van der Waals surface area contributed by atoms with E-state index in [1.165, 1.54) is 18.2 Å². The smallest absolute Gasteiger partial charge is 0.416 e. The van der Waals surface area contributed by atoms with Crippen LogP contribution in [-0.4, -0.2) is 23.5 Å². The highest BCUT2D eigenvalue weighted by Gasteiger charge is 2.53. The average Bonchev–Trinajstić information content (AvgIpc) is 3.65. The van der Waals surface area contributed by atoms with Gasteiger partial charge in [0.25, 0.3) is 6.43 Å². The first kappa shape index (κ1) is 27.4. The number of ether oxygens (including phenoxy) is 1. The predicted octanol–water partition coefficient (Wildman–Crippen LogP) is 7.34. The minimum atomic E-state index is -4.74. The van der Waals surface area contributed by atoms with Gasteiger partial charge in [-0.2, -0.15) is 13.2 Å². The molecule has 1 aliphatic carbocycles. The molecule has 0 aliphatic heterocycles. The number of halogens is 7. The van der Waals surface area contributed by atoms with E-state index in [9.17, 15) is 35.9 Å². The van der Waals surface area contributed by atoms with E-state index in [0.29, 0.717) is 12.1 Å². The molecule has 5 nitrogen and oxygen atoms in total. The number of carbonyl (C=O) groups excluding carboxylic acids is 2. The van der Waals surface area contributed by atoms with Crippen LogP contribution in [0, 0.1) is 5.82 Å². The number of pyridine rings is 1. The van der Waals surface area contributed by atoms with Gasteiger partial charge in [-0.05, 0) is 50.1 Å². The summed E-state index contributed by atoms with van der Waals surface area (Å²) in [6.07, 6.45) is -6.03. The summed E-state index contributed by atoms with van der Waals surface area (Å²) in [6.45, 7) is 1.57. The van der Waals surface area contributed by atoms with Gasteiger partial charge in [-0.3, -0.25) is 9.78 Å². The predicted molar refractivity (Wildman–Crippen MR) is 127 cm³/mol. The second-order valence-electron chi connectivity index (χ2n) is 8.60. The van der Waals surface area contributed by atoms with E-state index < -0.39 is 47.0 Å². The molecule has 200 valence electrons. The van der Waals surface area contributed by atoms with Crippen LogP contribution >= 0.6 is 11.6 Å². The lowest BCUT2D eigenvalue weighted by Gasteiger charge is -2.19. The molecule has 1 heterocycles. The molecule has 0 spiro atoms.